The smallest absolute Gasteiger partial charge is 0.334 e. The van der Waals surface area contributed by atoms with Crippen molar-refractivity contribution in [2.75, 3.05) is 12.1 Å². The highest BCUT2D eigenvalue weighted by molar-refractivity contribution is 6.22. The molecule has 3 aromatic carbocycles. The molecule has 1 aliphatic heterocycles. The highest BCUT2D eigenvalue weighted by Crippen LogP contribution is 2.59. The summed E-state index contributed by atoms with van der Waals surface area (Å²) in [4.78, 5) is 27.3. The predicted octanol–water partition coefficient (Wildman–Crippen LogP) is 5.38. The third-order valence-corrected chi connectivity index (χ3v) is 6.92. The second-order valence-electron chi connectivity index (χ2n) is 8.88. The van der Waals surface area contributed by atoms with Gasteiger partial charge in [0.15, 0.2) is 0 Å². The molecule has 5 rings (SSSR count). The van der Waals surface area contributed by atoms with E-state index in [1.807, 2.05) is 98.8 Å². The summed E-state index contributed by atoms with van der Waals surface area (Å²) >= 11 is 0. The molecule has 0 unspecified atom stereocenters. The van der Waals surface area contributed by atoms with Crippen LogP contribution in [0.3, 0.4) is 0 Å². The van der Waals surface area contributed by atoms with E-state index in [2.05, 4.69) is 6.07 Å². The fourth-order valence-corrected chi connectivity index (χ4v) is 5.40. The molecule has 170 valence electrons. The van der Waals surface area contributed by atoms with E-state index in [9.17, 15) is 9.59 Å². The van der Waals surface area contributed by atoms with Gasteiger partial charge in [-0.2, -0.15) is 10.1 Å². The lowest BCUT2D eigenvalue weighted by Crippen LogP contribution is -2.42. The molecule has 34 heavy (non-hydrogen) atoms. The van der Waals surface area contributed by atoms with Gasteiger partial charge in [0.2, 0.25) is 0 Å². The number of methoxy groups -OCH3 is 1. The zero-order valence-electron chi connectivity index (χ0n) is 19.4. The van der Waals surface area contributed by atoms with Crippen molar-refractivity contribution in [2.45, 2.75) is 25.7 Å². The summed E-state index contributed by atoms with van der Waals surface area (Å²) in [5.41, 5.74) is 3.77. The summed E-state index contributed by atoms with van der Waals surface area (Å²) in [5, 5.41) is 6.19. The van der Waals surface area contributed by atoms with Crippen LogP contribution in [0.5, 0.6) is 0 Å². The molecule has 0 fully saturated rings. The van der Waals surface area contributed by atoms with Crippen molar-refractivity contribution < 1.29 is 14.3 Å². The zero-order valence-corrected chi connectivity index (χ0v) is 19.4. The molecule has 5 nitrogen and oxygen atoms in total. The maximum absolute atomic E-state index is 14.3. The number of aryl methyl sites for hydroxylation is 1. The van der Waals surface area contributed by atoms with E-state index >= 15 is 0 Å². The summed E-state index contributed by atoms with van der Waals surface area (Å²) in [5.74, 6) is -1.31. The second kappa shape index (κ2) is 8.41. The van der Waals surface area contributed by atoms with Crippen LogP contribution in [-0.2, 0) is 14.3 Å². The number of ether oxygens (including phenoxy) is 1. The lowest BCUT2D eigenvalue weighted by atomic mass is 9.66. The molecule has 1 amide bonds. The standard InChI is InChI=1S/C29H26N2O3/c1-19-11-10-14-22(17-19)26-25(21-12-6-4-7-13-21)24(27(32)34-3)18-29(26)20(2)30-31(28(29)33)23-15-8-5-9-16-23/h4-18,25-26H,1-3H3/t25-,26+,29+/m0/s1. The van der Waals surface area contributed by atoms with Gasteiger partial charge in [0.05, 0.1) is 18.5 Å². The number of carbonyl (C=O) groups excluding carboxylic acids is 2. The Morgan fingerprint density at radius 3 is 2.21 bits per heavy atom. The molecule has 3 atom stereocenters. The van der Waals surface area contributed by atoms with Crippen LogP contribution in [0.25, 0.3) is 0 Å². The number of hydrazone groups is 1. The molecule has 0 bridgehead atoms. The molecule has 5 heteroatoms. The Balaban J connectivity index is 1.76. The van der Waals surface area contributed by atoms with Gasteiger partial charge >= 0.3 is 5.97 Å². The average Bonchev–Trinajstić information content (AvgIpc) is 3.36. The number of esters is 1. The van der Waals surface area contributed by atoms with Crippen LogP contribution in [0, 0.1) is 12.3 Å². The third kappa shape index (κ3) is 3.27. The number of nitrogens with zero attached hydrogens (tertiary/aromatic N) is 2. The SMILES string of the molecule is COC(=O)C1=C[C@]2(C(=O)N(c3ccccc3)N=C2C)[C@H](c2cccc(C)c2)[C@H]1c1ccccc1. The summed E-state index contributed by atoms with van der Waals surface area (Å²) in [6, 6.07) is 27.4. The topological polar surface area (TPSA) is 59.0 Å². The molecule has 0 saturated heterocycles. The number of anilines is 1. The molecule has 2 aliphatic rings. The molecule has 0 N–H and O–H groups in total. The third-order valence-electron chi connectivity index (χ3n) is 6.92. The second-order valence-corrected chi connectivity index (χ2v) is 8.88. The van der Waals surface area contributed by atoms with E-state index in [0.29, 0.717) is 17.0 Å². The minimum Gasteiger partial charge on any atom is -0.466 e. The Bertz CT molecular complexity index is 1310. The van der Waals surface area contributed by atoms with Crippen LogP contribution in [0.1, 0.15) is 35.4 Å². The zero-order chi connectivity index (χ0) is 23.9. The van der Waals surface area contributed by atoms with Gasteiger partial charge in [-0.1, -0.05) is 84.4 Å². The maximum Gasteiger partial charge on any atom is 0.334 e. The number of hydrogen-bond donors (Lipinski definition) is 0. The van der Waals surface area contributed by atoms with Crippen molar-refractivity contribution in [1.29, 1.82) is 0 Å². The predicted molar refractivity (Wildman–Crippen MR) is 133 cm³/mol. The number of para-hydroxylation sites is 1. The van der Waals surface area contributed by atoms with Gasteiger partial charge in [-0.05, 0) is 37.1 Å². The highest BCUT2D eigenvalue weighted by atomic mass is 16.5. The van der Waals surface area contributed by atoms with Crippen LogP contribution in [0.15, 0.2) is 102 Å². The molecule has 1 heterocycles. The average molecular weight is 451 g/mol. The number of rotatable bonds is 4. The van der Waals surface area contributed by atoms with Crippen molar-refractivity contribution in [1.82, 2.24) is 0 Å². The fourth-order valence-electron chi connectivity index (χ4n) is 5.40. The van der Waals surface area contributed by atoms with Gasteiger partial charge < -0.3 is 4.74 Å². The normalized spacial score (nSPS) is 23.7. The van der Waals surface area contributed by atoms with Crippen molar-refractivity contribution in [2.24, 2.45) is 10.5 Å². The minimum absolute atomic E-state index is 0.164. The van der Waals surface area contributed by atoms with E-state index in [4.69, 9.17) is 9.84 Å². The van der Waals surface area contributed by atoms with Gasteiger partial charge in [-0.15, -0.1) is 0 Å². The van der Waals surface area contributed by atoms with Gasteiger partial charge in [-0.25, -0.2) is 4.79 Å². The van der Waals surface area contributed by atoms with Crippen LogP contribution >= 0.6 is 0 Å². The molecule has 0 radical (unpaired) electrons. The first-order valence-corrected chi connectivity index (χ1v) is 11.3. The minimum atomic E-state index is -1.10. The first-order valence-electron chi connectivity index (χ1n) is 11.3. The van der Waals surface area contributed by atoms with Crippen molar-refractivity contribution in [3.8, 4) is 0 Å². The summed E-state index contributed by atoms with van der Waals surface area (Å²) < 4.78 is 5.21. The van der Waals surface area contributed by atoms with Crippen LogP contribution in [0.4, 0.5) is 5.69 Å². The van der Waals surface area contributed by atoms with E-state index in [1.54, 1.807) is 0 Å². The van der Waals surface area contributed by atoms with Gasteiger partial charge in [0, 0.05) is 17.4 Å². The van der Waals surface area contributed by atoms with Crippen LogP contribution in [0.2, 0.25) is 0 Å². The van der Waals surface area contributed by atoms with E-state index in [0.717, 1.165) is 16.7 Å². The number of amides is 1. The Morgan fingerprint density at radius 2 is 1.56 bits per heavy atom. The summed E-state index contributed by atoms with van der Waals surface area (Å²) in [6.07, 6.45) is 1.81. The van der Waals surface area contributed by atoms with Gasteiger partial charge in [-0.3, -0.25) is 4.79 Å². The Hall–Kier alpha value is -3.99. The summed E-state index contributed by atoms with van der Waals surface area (Å²) in [6.45, 7) is 3.91. The first kappa shape index (κ1) is 21.8. The monoisotopic (exact) mass is 450 g/mol. The van der Waals surface area contributed by atoms with Crippen LogP contribution < -0.4 is 5.01 Å². The van der Waals surface area contributed by atoms with Gasteiger partial charge in [0.25, 0.3) is 5.91 Å². The summed E-state index contributed by atoms with van der Waals surface area (Å²) in [7, 11) is 1.38. The molecular weight excluding hydrogens is 424 g/mol. The Morgan fingerprint density at radius 1 is 0.912 bits per heavy atom. The Labute approximate surface area is 199 Å². The van der Waals surface area contributed by atoms with Crippen molar-refractivity contribution in [3.63, 3.8) is 0 Å². The Kier molecular flexibility index (Phi) is 5.40. The lowest BCUT2D eigenvalue weighted by molar-refractivity contribution is -0.136. The molecule has 1 aliphatic carbocycles. The fraction of sp³-hybridized carbons (Fsp3) is 0.207. The molecule has 0 saturated carbocycles. The van der Waals surface area contributed by atoms with E-state index < -0.39 is 11.4 Å². The largest absolute Gasteiger partial charge is 0.466 e. The molecular formula is C29H26N2O3. The lowest BCUT2D eigenvalue weighted by Gasteiger charge is -2.34. The van der Waals surface area contributed by atoms with E-state index in [-0.39, 0.29) is 17.7 Å². The van der Waals surface area contributed by atoms with Crippen molar-refractivity contribution >= 4 is 23.3 Å². The van der Waals surface area contributed by atoms with Crippen molar-refractivity contribution in [3.05, 3.63) is 113 Å². The molecule has 3 aromatic rings. The van der Waals surface area contributed by atoms with Crippen LogP contribution in [-0.4, -0.2) is 24.7 Å². The first-order chi connectivity index (χ1) is 16.5. The molecule has 1 spiro atoms. The number of hydrogen-bond acceptors (Lipinski definition) is 4. The maximum atomic E-state index is 14.3. The van der Waals surface area contributed by atoms with E-state index in [1.165, 1.54) is 12.1 Å². The highest BCUT2D eigenvalue weighted by Gasteiger charge is 2.61. The molecule has 0 aromatic heterocycles. The number of benzene rings is 3. The number of carbonyl (C=O) groups is 2. The quantitative estimate of drug-likeness (QED) is 0.501. The van der Waals surface area contributed by atoms with Gasteiger partial charge in [0.1, 0.15) is 5.41 Å².